The number of ether oxygens (including phenoxy) is 2. The molecule has 1 N–H and O–H groups in total. The smallest absolute Gasteiger partial charge is 0.328 e. The first-order valence-corrected chi connectivity index (χ1v) is 9.06. The molecular formula is C13H27O6P. The van der Waals surface area contributed by atoms with Crippen LogP contribution in [0.5, 0.6) is 0 Å². The Morgan fingerprint density at radius 1 is 1.35 bits per heavy atom. The van der Waals surface area contributed by atoms with Crippen LogP contribution in [-0.4, -0.2) is 49.6 Å². The first-order chi connectivity index (χ1) is 9.21. The van der Waals surface area contributed by atoms with Gasteiger partial charge in [0.15, 0.2) is 6.29 Å². The summed E-state index contributed by atoms with van der Waals surface area (Å²) in [4.78, 5) is 0. The molecule has 0 aromatic carbocycles. The minimum Gasteiger partial charge on any atom is -0.390 e. The molecule has 0 aromatic rings. The summed E-state index contributed by atoms with van der Waals surface area (Å²) >= 11 is 0. The van der Waals surface area contributed by atoms with Crippen molar-refractivity contribution in [2.45, 2.75) is 58.7 Å². The average molecular weight is 310 g/mol. The molecule has 1 aliphatic heterocycles. The van der Waals surface area contributed by atoms with Crippen molar-refractivity contribution in [3.05, 3.63) is 0 Å². The Bertz CT molecular complexity index is 333. The van der Waals surface area contributed by atoms with E-state index in [1.165, 1.54) is 6.66 Å². The summed E-state index contributed by atoms with van der Waals surface area (Å²) in [5.41, 5.74) is 0. The molecule has 1 fully saturated rings. The molecule has 20 heavy (non-hydrogen) atoms. The van der Waals surface area contributed by atoms with Gasteiger partial charge in [-0.1, -0.05) is 13.8 Å². The normalized spacial score (nSPS) is 30.7. The number of aliphatic hydroxyl groups is 1. The second kappa shape index (κ2) is 7.87. The third-order valence-electron chi connectivity index (χ3n) is 2.65. The summed E-state index contributed by atoms with van der Waals surface area (Å²) in [7, 11) is -3.26. The van der Waals surface area contributed by atoms with Gasteiger partial charge in [-0.3, -0.25) is 9.09 Å². The van der Waals surface area contributed by atoms with Crippen molar-refractivity contribution in [3.8, 4) is 0 Å². The zero-order valence-electron chi connectivity index (χ0n) is 12.9. The maximum absolute atomic E-state index is 12.3. The lowest BCUT2D eigenvalue weighted by atomic mass is 10.1. The van der Waals surface area contributed by atoms with Crippen LogP contribution < -0.4 is 0 Å². The van der Waals surface area contributed by atoms with Gasteiger partial charge in [-0.2, -0.15) is 0 Å². The van der Waals surface area contributed by atoms with Crippen LogP contribution in [-0.2, 0) is 23.1 Å². The van der Waals surface area contributed by atoms with Gasteiger partial charge in [0, 0.05) is 6.66 Å². The number of rotatable bonds is 7. The van der Waals surface area contributed by atoms with Gasteiger partial charge in [-0.15, -0.1) is 0 Å². The van der Waals surface area contributed by atoms with E-state index in [0.29, 0.717) is 25.6 Å². The van der Waals surface area contributed by atoms with E-state index in [2.05, 4.69) is 0 Å². The summed E-state index contributed by atoms with van der Waals surface area (Å²) in [6.07, 6.45) is -2.08. The molecule has 0 bridgehead atoms. The van der Waals surface area contributed by atoms with Crippen LogP contribution in [0.15, 0.2) is 0 Å². The van der Waals surface area contributed by atoms with Crippen molar-refractivity contribution in [1.29, 1.82) is 0 Å². The lowest BCUT2D eigenvalue weighted by Crippen LogP contribution is -2.47. The van der Waals surface area contributed by atoms with Crippen molar-refractivity contribution >= 4 is 7.60 Å². The summed E-state index contributed by atoms with van der Waals surface area (Å²) in [5.74, 6) is 0.332. The quantitative estimate of drug-likeness (QED) is 0.728. The Hall–Kier alpha value is 0.0300. The maximum Gasteiger partial charge on any atom is 0.328 e. The third kappa shape index (κ3) is 6.20. The zero-order chi connectivity index (χ0) is 15.3. The van der Waals surface area contributed by atoms with Gasteiger partial charge in [0.05, 0.1) is 25.4 Å². The zero-order valence-corrected chi connectivity index (χ0v) is 13.8. The summed E-state index contributed by atoms with van der Waals surface area (Å²) in [6, 6.07) is 0. The molecule has 4 atom stereocenters. The van der Waals surface area contributed by atoms with Gasteiger partial charge in [0.1, 0.15) is 6.10 Å². The largest absolute Gasteiger partial charge is 0.390 e. The molecule has 120 valence electrons. The number of aliphatic hydroxyl groups excluding tert-OH is 1. The van der Waals surface area contributed by atoms with Crippen molar-refractivity contribution in [1.82, 2.24) is 0 Å². The van der Waals surface area contributed by atoms with Crippen LogP contribution in [0.25, 0.3) is 0 Å². The fraction of sp³-hybridized carbons (Fsp3) is 1.00. The predicted octanol–water partition coefficient (Wildman–Crippen LogP) is 2.40. The van der Waals surface area contributed by atoms with E-state index >= 15 is 0 Å². The lowest BCUT2D eigenvalue weighted by Gasteiger charge is -2.36. The highest BCUT2D eigenvalue weighted by atomic mass is 31.2. The van der Waals surface area contributed by atoms with Crippen LogP contribution in [0.3, 0.4) is 0 Å². The Balaban J connectivity index is 2.67. The van der Waals surface area contributed by atoms with E-state index in [4.69, 9.17) is 18.5 Å². The van der Waals surface area contributed by atoms with E-state index in [9.17, 15) is 9.67 Å². The third-order valence-corrected chi connectivity index (χ3v) is 4.08. The maximum atomic E-state index is 12.3. The molecule has 6 nitrogen and oxygen atoms in total. The minimum absolute atomic E-state index is 0.220. The van der Waals surface area contributed by atoms with E-state index in [1.807, 2.05) is 13.8 Å². The molecule has 0 radical (unpaired) electrons. The van der Waals surface area contributed by atoms with Crippen molar-refractivity contribution in [2.75, 3.05) is 19.9 Å². The van der Waals surface area contributed by atoms with Gasteiger partial charge >= 0.3 is 7.60 Å². The molecule has 0 aliphatic carbocycles. The highest BCUT2D eigenvalue weighted by Gasteiger charge is 2.39. The second-order valence-electron chi connectivity index (χ2n) is 5.82. The lowest BCUT2D eigenvalue weighted by molar-refractivity contribution is -0.239. The minimum atomic E-state index is -3.26. The monoisotopic (exact) mass is 310 g/mol. The van der Waals surface area contributed by atoms with Crippen molar-refractivity contribution < 1.29 is 28.2 Å². The summed E-state index contributed by atoms with van der Waals surface area (Å²) in [6.45, 7) is 9.86. The van der Waals surface area contributed by atoms with E-state index in [0.717, 1.165) is 0 Å². The molecule has 1 aliphatic rings. The van der Waals surface area contributed by atoms with Gasteiger partial charge < -0.3 is 19.1 Å². The highest BCUT2D eigenvalue weighted by molar-refractivity contribution is 7.53. The van der Waals surface area contributed by atoms with Crippen LogP contribution >= 0.6 is 7.60 Å². The average Bonchev–Trinajstić information content (AvgIpc) is 2.27. The fourth-order valence-corrected chi connectivity index (χ4v) is 3.42. The SMILES string of the molecule is CC(C)COC1OCCC(O)C1OP(C)(=O)OC(C)C. The Morgan fingerprint density at radius 2 is 2.00 bits per heavy atom. The summed E-state index contributed by atoms with van der Waals surface area (Å²) in [5, 5.41) is 10.0. The molecule has 1 rings (SSSR count). The van der Waals surface area contributed by atoms with E-state index in [1.54, 1.807) is 13.8 Å². The predicted molar refractivity (Wildman–Crippen MR) is 75.8 cm³/mol. The van der Waals surface area contributed by atoms with Crippen molar-refractivity contribution in [3.63, 3.8) is 0 Å². The van der Waals surface area contributed by atoms with E-state index in [-0.39, 0.29) is 6.10 Å². The Morgan fingerprint density at radius 3 is 2.55 bits per heavy atom. The topological polar surface area (TPSA) is 74.2 Å². The fourth-order valence-electron chi connectivity index (χ4n) is 1.92. The molecule has 1 saturated heterocycles. The van der Waals surface area contributed by atoms with Crippen LogP contribution in [0.1, 0.15) is 34.1 Å². The molecule has 0 saturated carbocycles. The molecule has 4 unspecified atom stereocenters. The Labute approximate surface area is 121 Å². The molecule has 1 heterocycles. The van der Waals surface area contributed by atoms with E-state index < -0.39 is 26.1 Å². The first-order valence-electron chi connectivity index (χ1n) is 7.07. The first kappa shape index (κ1) is 18.1. The van der Waals surface area contributed by atoms with Gasteiger partial charge in [-0.05, 0) is 26.2 Å². The van der Waals surface area contributed by atoms with Gasteiger partial charge in [0.25, 0.3) is 0 Å². The van der Waals surface area contributed by atoms with Crippen LogP contribution in [0.2, 0.25) is 0 Å². The molecule has 0 amide bonds. The molecule has 0 spiro atoms. The van der Waals surface area contributed by atoms with Gasteiger partial charge in [0.2, 0.25) is 0 Å². The van der Waals surface area contributed by atoms with Gasteiger partial charge in [-0.25, -0.2) is 0 Å². The number of hydrogen-bond donors (Lipinski definition) is 1. The second-order valence-corrected chi connectivity index (χ2v) is 7.78. The Kier molecular flexibility index (Phi) is 7.12. The standard InChI is InChI=1S/C13H27O6P/c1-9(2)8-17-13-12(11(14)6-7-16-13)19-20(5,15)18-10(3)4/h9-14H,6-8H2,1-5H3. The summed E-state index contributed by atoms with van der Waals surface area (Å²) < 4.78 is 34.1. The molecule has 7 heteroatoms. The highest BCUT2D eigenvalue weighted by Crippen LogP contribution is 2.48. The number of hydrogen-bond acceptors (Lipinski definition) is 6. The van der Waals surface area contributed by atoms with Crippen LogP contribution in [0.4, 0.5) is 0 Å². The van der Waals surface area contributed by atoms with Crippen LogP contribution in [0, 0.1) is 5.92 Å². The van der Waals surface area contributed by atoms with Crippen molar-refractivity contribution in [2.24, 2.45) is 5.92 Å². The molecule has 0 aromatic heterocycles. The molecular weight excluding hydrogens is 283 g/mol.